The fourth-order valence-electron chi connectivity index (χ4n) is 2.87. The van der Waals surface area contributed by atoms with Crippen molar-refractivity contribution in [2.45, 2.75) is 6.54 Å². The smallest absolute Gasteiger partial charge is 0.266 e. The van der Waals surface area contributed by atoms with E-state index in [4.69, 9.17) is 4.74 Å². The molecule has 0 fully saturated rings. The summed E-state index contributed by atoms with van der Waals surface area (Å²) < 4.78 is 5.36. The van der Waals surface area contributed by atoms with Crippen LogP contribution >= 0.6 is 11.3 Å². The van der Waals surface area contributed by atoms with Crippen molar-refractivity contribution in [1.82, 2.24) is 14.9 Å². The van der Waals surface area contributed by atoms with E-state index in [2.05, 4.69) is 9.97 Å². The van der Waals surface area contributed by atoms with E-state index in [1.807, 2.05) is 30.3 Å². The maximum atomic E-state index is 12.7. The molecule has 0 bridgehead atoms. The highest BCUT2D eigenvalue weighted by Gasteiger charge is 2.29. The Morgan fingerprint density at radius 2 is 2.04 bits per heavy atom. The Labute approximate surface area is 166 Å². The number of ether oxygens (including phenoxy) is 1. The van der Waals surface area contributed by atoms with Crippen LogP contribution in [-0.2, 0) is 16.1 Å². The first-order chi connectivity index (χ1) is 13.6. The van der Waals surface area contributed by atoms with E-state index in [1.165, 1.54) is 4.90 Å². The van der Waals surface area contributed by atoms with Gasteiger partial charge in [-0.1, -0.05) is 30.3 Å². The lowest BCUT2D eigenvalue weighted by atomic mass is 10.2. The van der Waals surface area contributed by atoms with Crippen molar-refractivity contribution in [2.24, 2.45) is 0 Å². The minimum absolute atomic E-state index is 0.0763. The fraction of sp³-hybridized carbons (Fsp3) is 0.200. The standard InChI is InChI=1S/C20H18N4O3S/c1-23(11-15-10-22-20(28-15)14-6-3-2-4-7-14)17(25)12-24-18(26)13-27-16-8-5-9-21-19(16)24/h2-10H,11-13H2,1H3. The van der Waals surface area contributed by atoms with Crippen molar-refractivity contribution >= 4 is 29.0 Å². The summed E-state index contributed by atoms with van der Waals surface area (Å²) in [5.41, 5.74) is 1.05. The molecular weight excluding hydrogens is 376 g/mol. The fourth-order valence-corrected chi connectivity index (χ4v) is 3.84. The van der Waals surface area contributed by atoms with Crippen molar-refractivity contribution in [1.29, 1.82) is 0 Å². The monoisotopic (exact) mass is 394 g/mol. The van der Waals surface area contributed by atoms with Gasteiger partial charge in [-0.05, 0) is 12.1 Å². The van der Waals surface area contributed by atoms with Gasteiger partial charge >= 0.3 is 0 Å². The summed E-state index contributed by atoms with van der Waals surface area (Å²) in [4.78, 5) is 37.5. The molecule has 0 N–H and O–H groups in total. The van der Waals surface area contributed by atoms with Crippen LogP contribution in [0.5, 0.6) is 5.75 Å². The molecular formula is C20H18N4O3S. The maximum Gasteiger partial charge on any atom is 0.266 e. The quantitative estimate of drug-likeness (QED) is 0.665. The number of likely N-dealkylation sites (N-methyl/N-ethyl adjacent to an activating group) is 1. The average molecular weight is 394 g/mol. The van der Waals surface area contributed by atoms with Crippen molar-refractivity contribution in [2.75, 3.05) is 25.1 Å². The van der Waals surface area contributed by atoms with Gasteiger partial charge in [0.25, 0.3) is 5.91 Å². The molecule has 0 spiro atoms. The molecule has 2 amide bonds. The number of pyridine rings is 1. The first-order valence-electron chi connectivity index (χ1n) is 8.74. The minimum atomic E-state index is -0.280. The third-order valence-electron chi connectivity index (χ3n) is 4.35. The summed E-state index contributed by atoms with van der Waals surface area (Å²) in [6, 6.07) is 13.4. The van der Waals surface area contributed by atoms with Gasteiger partial charge in [0.15, 0.2) is 18.2 Å². The van der Waals surface area contributed by atoms with E-state index in [9.17, 15) is 9.59 Å². The second kappa shape index (κ2) is 7.77. The van der Waals surface area contributed by atoms with Gasteiger partial charge in [-0.2, -0.15) is 0 Å². The Hall–Kier alpha value is -3.26. The third-order valence-corrected chi connectivity index (χ3v) is 5.38. The van der Waals surface area contributed by atoms with E-state index in [-0.39, 0.29) is 25.0 Å². The molecule has 142 valence electrons. The SMILES string of the molecule is CN(Cc1cnc(-c2ccccc2)s1)C(=O)CN1C(=O)COc2cccnc21. The third kappa shape index (κ3) is 3.72. The lowest BCUT2D eigenvalue weighted by Crippen LogP contribution is -2.45. The topological polar surface area (TPSA) is 75.6 Å². The normalized spacial score (nSPS) is 13.0. The number of thiazole rings is 1. The summed E-state index contributed by atoms with van der Waals surface area (Å²) in [7, 11) is 1.72. The number of nitrogens with zero attached hydrogens (tertiary/aromatic N) is 4. The molecule has 8 heteroatoms. The highest BCUT2D eigenvalue weighted by Crippen LogP contribution is 2.29. The van der Waals surface area contributed by atoms with Crippen molar-refractivity contribution < 1.29 is 14.3 Å². The van der Waals surface area contributed by atoms with Crippen molar-refractivity contribution in [3.63, 3.8) is 0 Å². The Morgan fingerprint density at radius 1 is 1.21 bits per heavy atom. The second-order valence-corrected chi connectivity index (χ2v) is 7.46. The van der Waals surface area contributed by atoms with Crippen LogP contribution in [0.1, 0.15) is 4.88 Å². The molecule has 28 heavy (non-hydrogen) atoms. The Kier molecular flexibility index (Phi) is 5.03. The maximum absolute atomic E-state index is 12.7. The van der Waals surface area contributed by atoms with Gasteiger partial charge in [0.1, 0.15) is 11.6 Å². The molecule has 1 aliphatic rings. The van der Waals surface area contributed by atoms with Crippen LogP contribution in [0.3, 0.4) is 0 Å². The van der Waals surface area contributed by atoms with Crippen molar-refractivity contribution in [3.05, 3.63) is 59.7 Å². The number of amides is 2. The summed E-state index contributed by atoms with van der Waals surface area (Å²) in [6.07, 6.45) is 3.36. The highest BCUT2D eigenvalue weighted by atomic mass is 32.1. The molecule has 1 aliphatic heterocycles. The van der Waals surface area contributed by atoms with Crippen LogP contribution < -0.4 is 9.64 Å². The van der Waals surface area contributed by atoms with Gasteiger partial charge in [-0.3, -0.25) is 14.5 Å². The largest absolute Gasteiger partial charge is 0.480 e. The van der Waals surface area contributed by atoms with Gasteiger partial charge < -0.3 is 9.64 Å². The van der Waals surface area contributed by atoms with Crippen LogP contribution in [-0.4, -0.2) is 46.9 Å². The van der Waals surface area contributed by atoms with Crippen LogP contribution in [0.4, 0.5) is 5.82 Å². The summed E-state index contributed by atoms with van der Waals surface area (Å²) in [5, 5.41) is 0.915. The van der Waals surface area contributed by atoms with Gasteiger partial charge in [0, 0.05) is 29.9 Å². The number of hydrogen-bond acceptors (Lipinski definition) is 6. The predicted molar refractivity (Wildman–Crippen MR) is 106 cm³/mol. The molecule has 0 atom stereocenters. The number of rotatable bonds is 5. The lowest BCUT2D eigenvalue weighted by Gasteiger charge is -2.29. The first-order valence-corrected chi connectivity index (χ1v) is 9.56. The van der Waals surface area contributed by atoms with E-state index in [0.717, 1.165) is 15.4 Å². The molecule has 0 saturated heterocycles. The molecule has 0 radical (unpaired) electrons. The molecule has 2 aromatic heterocycles. The number of hydrogen-bond donors (Lipinski definition) is 0. The van der Waals surface area contributed by atoms with Gasteiger partial charge in [0.2, 0.25) is 5.91 Å². The number of carbonyl (C=O) groups excluding carboxylic acids is 2. The Morgan fingerprint density at radius 3 is 2.86 bits per heavy atom. The number of aromatic nitrogens is 2. The van der Waals surface area contributed by atoms with E-state index >= 15 is 0 Å². The highest BCUT2D eigenvalue weighted by molar-refractivity contribution is 7.15. The number of anilines is 1. The molecule has 4 rings (SSSR count). The molecule has 1 aromatic carbocycles. The summed E-state index contributed by atoms with van der Waals surface area (Å²) in [6.45, 7) is 0.259. The molecule has 7 nitrogen and oxygen atoms in total. The number of fused-ring (bicyclic) bond motifs is 1. The minimum Gasteiger partial charge on any atom is -0.480 e. The van der Waals surface area contributed by atoms with Crippen LogP contribution in [0.15, 0.2) is 54.9 Å². The summed E-state index contributed by atoms with van der Waals surface area (Å²) >= 11 is 1.55. The van der Waals surface area contributed by atoms with Gasteiger partial charge in [-0.15, -0.1) is 11.3 Å². The van der Waals surface area contributed by atoms with E-state index < -0.39 is 0 Å². The predicted octanol–water partition coefficient (Wildman–Crippen LogP) is 2.59. The first kappa shape index (κ1) is 18.1. The van der Waals surface area contributed by atoms with Crippen LogP contribution in [0.25, 0.3) is 10.6 Å². The molecule has 0 aliphatic carbocycles. The Balaban J connectivity index is 1.43. The Bertz CT molecular complexity index is 1010. The number of benzene rings is 1. The van der Waals surface area contributed by atoms with E-state index in [0.29, 0.717) is 18.1 Å². The zero-order valence-electron chi connectivity index (χ0n) is 15.2. The van der Waals surface area contributed by atoms with Crippen LogP contribution in [0.2, 0.25) is 0 Å². The molecule has 0 unspecified atom stereocenters. The molecule has 0 saturated carbocycles. The molecule has 3 heterocycles. The van der Waals surface area contributed by atoms with Gasteiger partial charge in [0.05, 0.1) is 6.54 Å². The van der Waals surface area contributed by atoms with E-state index in [1.54, 1.807) is 47.8 Å². The number of carbonyl (C=O) groups is 2. The zero-order valence-corrected chi connectivity index (χ0v) is 16.1. The average Bonchev–Trinajstić information content (AvgIpc) is 3.19. The lowest BCUT2D eigenvalue weighted by molar-refractivity contribution is -0.131. The van der Waals surface area contributed by atoms with Crippen LogP contribution in [0, 0.1) is 0 Å². The zero-order chi connectivity index (χ0) is 19.5. The second-order valence-electron chi connectivity index (χ2n) is 6.34. The van der Waals surface area contributed by atoms with Crippen molar-refractivity contribution in [3.8, 4) is 16.3 Å². The summed E-state index contributed by atoms with van der Waals surface area (Å²) in [5.74, 6) is 0.427. The van der Waals surface area contributed by atoms with Gasteiger partial charge in [-0.25, -0.2) is 9.97 Å². The molecule has 3 aromatic rings.